The summed E-state index contributed by atoms with van der Waals surface area (Å²) in [7, 11) is 0. The summed E-state index contributed by atoms with van der Waals surface area (Å²) in [6.07, 6.45) is 0.932. The molecule has 1 saturated heterocycles. The molecule has 1 N–H and O–H groups in total. The van der Waals surface area contributed by atoms with Gasteiger partial charge in [0.2, 0.25) is 0 Å². The summed E-state index contributed by atoms with van der Waals surface area (Å²) in [5.41, 5.74) is 0.745. The van der Waals surface area contributed by atoms with Gasteiger partial charge in [0.25, 0.3) is 0 Å². The third-order valence-electron chi connectivity index (χ3n) is 4.71. The maximum absolute atomic E-state index is 12.3. The van der Waals surface area contributed by atoms with Crippen LogP contribution in [-0.2, 0) is 33.4 Å². The van der Waals surface area contributed by atoms with Crippen molar-refractivity contribution in [2.24, 2.45) is 5.92 Å². The molecule has 0 aromatic heterocycles. The van der Waals surface area contributed by atoms with Crippen molar-refractivity contribution in [2.45, 2.75) is 45.0 Å². The van der Waals surface area contributed by atoms with E-state index in [0.29, 0.717) is 24.7 Å². The van der Waals surface area contributed by atoms with Crippen LogP contribution >= 0.6 is 0 Å². The van der Waals surface area contributed by atoms with E-state index in [2.05, 4.69) is 13.2 Å². The molecule has 8 heteroatoms. The van der Waals surface area contributed by atoms with E-state index in [4.69, 9.17) is 14.2 Å². The second kappa shape index (κ2) is 9.47. The normalized spacial score (nSPS) is 30.6. The molecule has 0 bridgehead atoms. The summed E-state index contributed by atoms with van der Waals surface area (Å²) in [6.45, 7) is 9.59. The number of carbonyl (C=O) groups is 4. The van der Waals surface area contributed by atoms with Crippen LogP contribution in [0.2, 0.25) is 0 Å². The Balaban J connectivity index is 2.65. The zero-order chi connectivity index (χ0) is 21.7. The molecular weight excluding hydrogens is 380 g/mol. The third-order valence-corrected chi connectivity index (χ3v) is 4.71. The first-order valence-electron chi connectivity index (χ1n) is 9.08. The van der Waals surface area contributed by atoms with Gasteiger partial charge in [0.15, 0.2) is 12.2 Å². The van der Waals surface area contributed by atoms with Crippen LogP contribution in [0.1, 0.15) is 26.7 Å². The van der Waals surface area contributed by atoms with E-state index in [-0.39, 0.29) is 23.3 Å². The molecule has 0 aromatic carbocycles. The molecule has 1 aliphatic carbocycles. The maximum atomic E-state index is 12.3. The summed E-state index contributed by atoms with van der Waals surface area (Å²) in [6, 6.07) is 0. The first-order valence-corrected chi connectivity index (χ1v) is 9.08. The molecule has 0 unspecified atom stereocenters. The second-order valence-corrected chi connectivity index (χ2v) is 6.94. The number of aldehydes is 1. The smallest absolute Gasteiger partial charge is 0.334 e. The Morgan fingerprint density at radius 2 is 2.03 bits per heavy atom. The summed E-state index contributed by atoms with van der Waals surface area (Å²) in [5.74, 6) is -3.12. The molecule has 0 amide bonds. The Kier molecular flexibility index (Phi) is 7.28. The Morgan fingerprint density at radius 3 is 2.59 bits per heavy atom. The molecule has 2 aliphatic rings. The number of allylic oxidation sites excluding steroid dienone is 1. The third kappa shape index (κ3) is 5.08. The predicted molar refractivity (Wildman–Crippen MR) is 101 cm³/mol. The Labute approximate surface area is 168 Å². The Hall–Kier alpha value is -3.00. The quantitative estimate of drug-likeness (QED) is 0.240. The van der Waals surface area contributed by atoms with Gasteiger partial charge in [0.1, 0.15) is 12.4 Å². The van der Waals surface area contributed by atoms with Gasteiger partial charge >= 0.3 is 17.9 Å². The SMILES string of the molecule is C=C(C)C(=O)O[C@H]1[C@@H]2C(=C)C(=O)O[C@@H]2/C=C(\CO)CC/C=C(/C=O)[C@H]1OC(C)=O. The largest absolute Gasteiger partial charge is 0.454 e. The van der Waals surface area contributed by atoms with Crippen molar-refractivity contribution in [3.63, 3.8) is 0 Å². The van der Waals surface area contributed by atoms with Crippen LogP contribution in [0, 0.1) is 5.92 Å². The maximum Gasteiger partial charge on any atom is 0.334 e. The van der Waals surface area contributed by atoms with Crippen molar-refractivity contribution in [1.29, 1.82) is 0 Å². The number of ether oxygens (including phenoxy) is 3. The topological polar surface area (TPSA) is 116 Å². The molecular formula is C21H24O8. The van der Waals surface area contributed by atoms with Gasteiger partial charge in [-0.15, -0.1) is 0 Å². The molecule has 0 radical (unpaired) electrons. The van der Waals surface area contributed by atoms with Crippen LogP contribution in [0.4, 0.5) is 0 Å². The molecule has 1 aliphatic heterocycles. The monoisotopic (exact) mass is 404 g/mol. The van der Waals surface area contributed by atoms with E-state index >= 15 is 0 Å². The zero-order valence-electron chi connectivity index (χ0n) is 16.4. The van der Waals surface area contributed by atoms with Crippen LogP contribution in [0.25, 0.3) is 0 Å². The predicted octanol–water partition coefficient (Wildman–Crippen LogP) is 1.34. The number of carbonyl (C=O) groups excluding carboxylic acids is 4. The van der Waals surface area contributed by atoms with E-state index in [1.807, 2.05) is 0 Å². The first kappa shape index (κ1) is 22.3. The van der Waals surface area contributed by atoms with Crippen molar-refractivity contribution in [3.8, 4) is 0 Å². The van der Waals surface area contributed by atoms with Crippen molar-refractivity contribution in [3.05, 3.63) is 47.6 Å². The van der Waals surface area contributed by atoms with Gasteiger partial charge in [-0.05, 0) is 31.4 Å². The van der Waals surface area contributed by atoms with E-state index in [1.165, 1.54) is 6.92 Å². The zero-order valence-corrected chi connectivity index (χ0v) is 16.4. The minimum atomic E-state index is -1.27. The number of aliphatic hydroxyl groups excluding tert-OH is 1. The molecule has 1 heterocycles. The molecule has 0 aromatic rings. The summed E-state index contributed by atoms with van der Waals surface area (Å²) in [4.78, 5) is 48.0. The lowest BCUT2D eigenvalue weighted by Crippen LogP contribution is -2.45. The van der Waals surface area contributed by atoms with E-state index in [1.54, 1.807) is 12.2 Å². The number of aliphatic hydroxyl groups is 1. The summed E-state index contributed by atoms with van der Waals surface area (Å²) < 4.78 is 16.2. The highest BCUT2D eigenvalue weighted by Crippen LogP contribution is 2.37. The number of rotatable bonds is 5. The van der Waals surface area contributed by atoms with Crippen molar-refractivity contribution in [2.75, 3.05) is 6.61 Å². The van der Waals surface area contributed by atoms with Crippen LogP contribution in [0.15, 0.2) is 47.6 Å². The van der Waals surface area contributed by atoms with Gasteiger partial charge in [-0.2, -0.15) is 0 Å². The summed E-state index contributed by atoms with van der Waals surface area (Å²) >= 11 is 0. The average molecular weight is 404 g/mol. The fraction of sp³-hybridized carbons (Fsp3) is 0.429. The molecule has 156 valence electrons. The highest BCUT2D eigenvalue weighted by atomic mass is 16.6. The average Bonchev–Trinajstić information content (AvgIpc) is 2.93. The Morgan fingerprint density at radius 1 is 1.34 bits per heavy atom. The second-order valence-electron chi connectivity index (χ2n) is 6.94. The molecule has 4 atom stereocenters. The molecule has 29 heavy (non-hydrogen) atoms. The van der Waals surface area contributed by atoms with Gasteiger partial charge in [-0.1, -0.05) is 19.2 Å². The molecule has 1 fully saturated rings. The van der Waals surface area contributed by atoms with Crippen LogP contribution in [0.3, 0.4) is 0 Å². The van der Waals surface area contributed by atoms with Gasteiger partial charge in [0, 0.05) is 23.6 Å². The molecule has 0 saturated carbocycles. The number of esters is 3. The lowest BCUT2D eigenvalue weighted by Gasteiger charge is -2.33. The standard InChI is InChI=1S/C21H24O8/c1-11(2)20(25)29-19-17-12(3)21(26)28-16(17)8-14(9-22)6-5-7-15(10-23)18(19)27-13(4)24/h7-8,10,16-19,22H,1,3,5-6,9H2,2,4H3/b14-8-,15-7-/t16-,17-,18-,19+/m1/s1. The van der Waals surface area contributed by atoms with Crippen LogP contribution in [-0.4, -0.2) is 54.2 Å². The van der Waals surface area contributed by atoms with Gasteiger partial charge in [0.05, 0.1) is 12.5 Å². The van der Waals surface area contributed by atoms with Crippen molar-refractivity contribution < 1.29 is 38.5 Å². The van der Waals surface area contributed by atoms with Gasteiger partial charge < -0.3 is 19.3 Å². The van der Waals surface area contributed by atoms with Crippen molar-refractivity contribution in [1.82, 2.24) is 0 Å². The molecule has 2 rings (SSSR count). The van der Waals surface area contributed by atoms with Crippen LogP contribution in [0.5, 0.6) is 0 Å². The highest BCUT2D eigenvalue weighted by Gasteiger charge is 2.49. The minimum absolute atomic E-state index is 0.00558. The number of fused-ring (bicyclic) bond motifs is 1. The number of hydrogen-bond donors (Lipinski definition) is 1. The van der Waals surface area contributed by atoms with Gasteiger partial charge in [-0.3, -0.25) is 9.59 Å². The lowest BCUT2D eigenvalue weighted by molar-refractivity contribution is -0.166. The van der Waals surface area contributed by atoms with E-state index in [9.17, 15) is 24.3 Å². The molecule has 8 nitrogen and oxygen atoms in total. The highest BCUT2D eigenvalue weighted by molar-refractivity contribution is 5.92. The summed E-state index contributed by atoms with van der Waals surface area (Å²) in [5, 5.41) is 9.61. The lowest BCUT2D eigenvalue weighted by atomic mass is 9.83. The van der Waals surface area contributed by atoms with Crippen LogP contribution < -0.4 is 0 Å². The fourth-order valence-electron chi connectivity index (χ4n) is 3.28. The molecule has 0 spiro atoms. The Bertz CT molecular complexity index is 803. The minimum Gasteiger partial charge on any atom is -0.454 e. The van der Waals surface area contributed by atoms with Crippen molar-refractivity contribution >= 4 is 24.2 Å². The first-order chi connectivity index (χ1) is 13.7. The number of hydrogen-bond acceptors (Lipinski definition) is 8. The van der Waals surface area contributed by atoms with E-state index in [0.717, 1.165) is 6.92 Å². The van der Waals surface area contributed by atoms with Gasteiger partial charge in [-0.25, -0.2) is 9.59 Å². The van der Waals surface area contributed by atoms with E-state index < -0.39 is 42.1 Å². The fourth-order valence-corrected chi connectivity index (χ4v) is 3.28.